The summed E-state index contributed by atoms with van der Waals surface area (Å²) in [6, 6.07) is 4.98. The first-order valence-electron chi connectivity index (χ1n) is 5.71. The van der Waals surface area contributed by atoms with E-state index in [-0.39, 0.29) is 0 Å². The number of hydrogen-bond acceptors (Lipinski definition) is 3. The van der Waals surface area contributed by atoms with Crippen LogP contribution >= 0.6 is 0 Å². The molecule has 0 saturated carbocycles. The maximum absolute atomic E-state index is 13.0. The van der Waals surface area contributed by atoms with Gasteiger partial charge in [-0.15, -0.1) is 0 Å². The summed E-state index contributed by atoms with van der Waals surface area (Å²) in [7, 11) is 2.12. The molecule has 1 aliphatic heterocycles. The summed E-state index contributed by atoms with van der Waals surface area (Å²) in [6.45, 7) is 6.17. The fraction of sp³-hybridized carbons (Fsp3) is 0.583. The quantitative estimate of drug-likeness (QED) is 0.674. The van der Waals surface area contributed by atoms with Crippen molar-refractivity contribution >= 4 is 5.82 Å². The second kappa shape index (κ2) is 4.78. The molecule has 1 atom stereocenters. The Bertz CT molecular complexity index is 356. The molecule has 0 bridgehead atoms. The molecule has 0 spiro atoms. The van der Waals surface area contributed by atoms with Crippen LogP contribution in [0.3, 0.4) is 0 Å². The number of likely N-dealkylation sites (N-methyl/N-ethyl adjacent to an activating group) is 1. The second-order valence-electron chi connectivity index (χ2n) is 4.63. The van der Waals surface area contributed by atoms with E-state index >= 15 is 0 Å². The molecule has 88 valence electrons. The highest BCUT2D eigenvalue weighted by Gasteiger charge is 2.18. The van der Waals surface area contributed by atoms with Gasteiger partial charge in [-0.1, -0.05) is 13.0 Å². The van der Waals surface area contributed by atoms with E-state index in [2.05, 4.69) is 28.8 Å². The first-order chi connectivity index (χ1) is 7.65. The second-order valence-corrected chi connectivity index (χ2v) is 4.63. The smallest absolute Gasteiger partial charge is 0.214 e. The predicted octanol–water partition coefficient (Wildman–Crippen LogP) is 1.61. The molecule has 0 radical (unpaired) electrons. The van der Waals surface area contributed by atoms with Gasteiger partial charge in [-0.3, -0.25) is 0 Å². The van der Waals surface area contributed by atoms with Crippen molar-refractivity contribution in [3.63, 3.8) is 0 Å². The number of rotatable bonds is 1. The summed E-state index contributed by atoms with van der Waals surface area (Å²) in [6.07, 6.45) is 0. The molecule has 0 N–H and O–H groups in total. The zero-order chi connectivity index (χ0) is 11.5. The summed E-state index contributed by atoms with van der Waals surface area (Å²) >= 11 is 0. The zero-order valence-electron chi connectivity index (χ0n) is 9.86. The molecular weight excluding hydrogens is 205 g/mol. The Balaban J connectivity index is 2.14. The molecule has 1 aliphatic rings. The average Bonchev–Trinajstić information content (AvgIpc) is 2.39. The Hall–Kier alpha value is -1.16. The number of anilines is 1. The van der Waals surface area contributed by atoms with E-state index in [0.717, 1.165) is 32.0 Å². The molecule has 3 nitrogen and oxygen atoms in total. The van der Waals surface area contributed by atoms with E-state index in [1.807, 2.05) is 6.07 Å². The lowest BCUT2D eigenvalue weighted by atomic mass is 10.1. The summed E-state index contributed by atoms with van der Waals surface area (Å²) in [5, 5.41) is 0. The summed E-state index contributed by atoms with van der Waals surface area (Å²) in [4.78, 5) is 8.41. The molecule has 4 heteroatoms. The predicted molar refractivity (Wildman–Crippen MR) is 63.1 cm³/mol. The van der Waals surface area contributed by atoms with E-state index in [4.69, 9.17) is 0 Å². The van der Waals surface area contributed by atoms with Crippen molar-refractivity contribution in [1.29, 1.82) is 0 Å². The van der Waals surface area contributed by atoms with Crippen molar-refractivity contribution in [1.82, 2.24) is 9.88 Å². The molecule has 1 fully saturated rings. The third kappa shape index (κ3) is 2.70. The van der Waals surface area contributed by atoms with E-state index < -0.39 is 5.95 Å². The van der Waals surface area contributed by atoms with E-state index in [9.17, 15) is 4.39 Å². The van der Waals surface area contributed by atoms with Crippen LogP contribution in [0, 0.1) is 11.9 Å². The third-order valence-corrected chi connectivity index (χ3v) is 2.93. The Morgan fingerprint density at radius 3 is 2.88 bits per heavy atom. The maximum Gasteiger partial charge on any atom is 0.214 e. The van der Waals surface area contributed by atoms with Crippen LogP contribution in [0.1, 0.15) is 6.92 Å². The van der Waals surface area contributed by atoms with Gasteiger partial charge in [0.15, 0.2) is 0 Å². The highest BCUT2D eigenvalue weighted by Crippen LogP contribution is 2.16. The van der Waals surface area contributed by atoms with Crippen LogP contribution in [-0.2, 0) is 0 Å². The molecule has 2 heterocycles. The fourth-order valence-corrected chi connectivity index (χ4v) is 2.22. The van der Waals surface area contributed by atoms with E-state index in [0.29, 0.717) is 5.92 Å². The Labute approximate surface area is 95.9 Å². The lowest BCUT2D eigenvalue weighted by Gasteiger charge is -2.23. The number of pyridine rings is 1. The first-order valence-corrected chi connectivity index (χ1v) is 5.71. The highest BCUT2D eigenvalue weighted by molar-refractivity contribution is 5.38. The van der Waals surface area contributed by atoms with Crippen LogP contribution in [0.5, 0.6) is 0 Å². The molecule has 2 rings (SSSR count). The van der Waals surface area contributed by atoms with E-state index in [1.54, 1.807) is 6.07 Å². The standard InChI is InChI=1S/C12H18FN3/c1-10-8-15(2)6-7-16(9-10)12-5-3-4-11(13)14-12/h3-5,10H,6-9H2,1-2H3. The Morgan fingerprint density at radius 2 is 2.12 bits per heavy atom. The van der Waals surface area contributed by atoms with Gasteiger partial charge in [-0.05, 0) is 25.1 Å². The zero-order valence-corrected chi connectivity index (χ0v) is 9.86. The lowest BCUT2D eigenvalue weighted by molar-refractivity contribution is 0.321. The number of halogens is 1. The van der Waals surface area contributed by atoms with Gasteiger partial charge in [0.05, 0.1) is 0 Å². The Morgan fingerprint density at radius 1 is 1.31 bits per heavy atom. The van der Waals surface area contributed by atoms with Gasteiger partial charge in [0.25, 0.3) is 0 Å². The highest BCUT2D eigenvalue weighted by atomic mass is 19.1. The fourth-order valence-electron chi connectivity index (χ4n) is 2.22. The minimum Gasteiger partial charge on any atom is -0.355 e. The van der Waals surface area contributed by atoms with Gasteiger partial charge in [0.1, 0.15) is 5.82 Å². The molecule has 0 aliphatic carbocycles. The monoisotopic (exact) mass is 223 g/mol. The molecule has 1 aromatic rings. The minimum absolute atomic E-state index is 0.400. The topological polar surface area (TPSA) is 19.4 Å². The SMILES string of the molecule is CC1CN(C)CCN(c2cccc(F)n2)C1. The van der Waals surface area contributed by atoms with Gasteiger partial charge in [0, 0.05) is 26.2 Å². The lowest BCUT2D eigenvalue weighted by Crippen LogP contribution is -2.30. The molecule has 16 heavy (non-hydrogen) atoms. The van der Waals surface area contributed by atoms with Crippen LogP contribution in [0.15, 0.2) is 18.2 Å². The molecule has 0 aromatic carbocycles. The van der Waals surface area contributed by atoms with Crippen LogP contribution in [0.2, 0.25) is 0 Å². The van der Waals surface area contributed by atoms with Gasteiger partial charge < -0.3 is 9.80 Å². The number of hydrogen-bond donors (Lipinski definition) is 0. The van der Waals surface area contributed by atoms with E-state index in [1.165, 1.54) is 6.07 Å². The van der Waals surface area contributed by atoms with Crippen molar-refractivity contribution in [2.75, 3.05) is 38.1 Å². The van der Waals surface area contributed by atoms with Gasteiger partial charge in [-0.2, -0.15) is 4.39 Å². The normalized spacial score (nSPS) is 23.2. The third-order valence-electron chi connectivity index (χ3n) is 2.93. The number of aromatic nitrogens is 1. The molecule has 0 amide bonds. The van der Waals surface area contributed by atoms with Crippen molar-refractivity contribution in [3.05, 3.63) is 24.1 Å². The summed E-state index contributed by atoms with van der Waals surface area (Å²) < 4.78 is 13.0. The van der Waals surface area contributed by atoms with Crippen molar-refractivity contribution in [2.45, 2.75) is 6.92 Å². The van der Waals surface area contributed by atoms with Crippen LogP contribution in [-0.4, -0.2) is 43.1 Å². The van der Waals surface area contributed by atoms with Crippen molar-refractivity contribution in [3.8, 4) is 0 Å². The van der Waals surface area contributed by atoms with Crippen LogP contribution in [0.25, 0.3) is 0 Å². The van der Waals surface area contributed by atoms with Gasteiger partial charge in [0.2, 0.25) is 5.95 Å². The average molecular weight is 223 g/mol. The van der Waals surface area contributed by atoms with Gasteiger partial charge in [-0.25, -0.2) is 4.98 Å². The van der Waals surface area contributed by atoms with Crippen LogP contribution in [0.4, 0.5) is 10.2 Å². The van der Waals surface area contributed by atoms with Crippen LogP contribution < -0.4 is 4.90 Å². The van der Waals surface area contributed by atoms with Gasteiger partial charge >= 0.3 is 0 Å². The molecule has 1 unspecified atom stereocenters. The maximum atomic E-state index is 13.0. The number of nitrogens with zero attached hydrogens (tertiary/aromatic N) is 3. The van der Waals surface area contributed by atoms with Crippen molar-refractivity contribution < 1.29 is 4.39 Å². The largest absolute Gasteiger partial charge is 0.355 e. The summed E-state index contributed by atoms with van der Waals surface area (Å²) in [5.74, 6) is 0.933. The van der Waals surface area contributed by atoms with Crippen molar-refractivity contribution in [2.24, 2.45) is 5.92 Å². The summed E-state index contributed by atoms with van der Waals surface area (Å²) in [5.41, 5.74) is 0. The molecule has 1 saturated heterocycles. The minimum atomic E-state index is -0.400. The first kappa shape index (κ1) is 11.3. The Kier molecular flexibility index (Phi) is 3.39. The molecule has 1 aromatic heterocycles. The molecular formula is C12H18FN3.